The molecule has 0 aromatic carbocycles. The van der Waals surface area contributed by atoms with Gasteiger partial charge in [0, 0.05) is 30.3 Å². The summed E-state index contributed by atoms with van der Waals surface area (Å²) in [6.07, 6.45) is 4.71. The maximum Gasteiger partial charge on any atom is 0.345 e. The van der Waals surface area contributed by atoms with Crippen LogP contribution in [0.4, 0.5) is 14.6 Å². The van der Waals surface area contributed by atoms with Gasteiger partial charge in [0.1, 0.15) is 40.6 Å². The summed E-state index contributed by atoms with van der Waals surface area (Å²) in [5.74, 6) is 5.17. The van der Waals surface area contributed by atoms with E-state index in [9.17, 15) is 23.2 Å². The smallest absolute Gasteiger partial charge is 0.321 e. The number of carbonyl (C=O) groups excluding carboxylic acids is 3. The number of carbonyl (C=O) groups is 3. The molecular weight excluding hydrogens is 654 g/mol. The zero-order valence-electron chi connectivity index (χ0n) is 24.2. The second-order valence-electron chi connectivity index (χ2n) is 10.9. The molecular formula is C30H25BrF2N8O4. The molecule has 230 valence electrons. The van der Waals surface area contributed by atoms with Crippen LogP contribution in [0, 0.1) is 31.1 Å². The van der Waals surface area contributed by atoms with E-state index in [4.69, 9.17) is 0 Å². The van der Waals surface area contributed by atoms with Crippen molar-refractivity contribution in [3.05, 3.63) is 58.5 Å². The first-order chi connectivity index (χ1) is 21.5. The molecule has 0 saturated carbocycles. The number of rotatable bonds is 9. The Morgan fingerprint density at radius 3 is 2.60 bits per heavy atom. The van der Waals surface area contributed by atoms with Crippen LogP contribution in [0.1, 0.15) is 35.2 Å². The maximum atomic E-state index is 14.0. The van der Waals surface area contributed by atoms with E-state index in [-0.39, 0.29) is 30.3 Å². The van der Waals surface area contributed by atoms with Crippen molar-refractivity contribution in [2.75, 3.05) is 11.9 Å². The number of amides is 2. The number of aromatic nitrogens is 6. The largest absolute Gasteiger partial charge is 0.345 e. The minimum Gasteiger partial charge on any atom is -0.321 e. The number of anilines is 1. The van der Waals surface area contributed by atoms with E-state index in [1.165, 1.54) is 22.7 Å². The number of ether oxygens (including phenoxy) is 1. The van der Waals surface area contributed by atoms with Crippen molar-refractivity contribution in [3.63, 3.8) is 0 Å². The van der Waals surface area contributed by atoms with Gasteiger partial charge in [0.05, 0.1) is 29.4 Å². The maximum absolute atomic E-state index is 14.0. The number of aryl methyl sites for hydroxylation is 2. The second kappa shape index (κ2) is 11.7. The Hall–Kier alpha value is -4.68. The van der Waals surface area contributed by atoms with Gasteiger partial charge in [0.2, 0.25) is 11.8 Å². The number of likely N-dealkylation sites (tertiary alicyclic amines) is 1. The minimum absolute atomic E-state index is 0.0237. The summed E-state index contributed by atoms with van der Waals surface area (Å²) >= 11 is 3.29. The highest BCUT2D eigenvalue weighted by Crippen LogP contribution is 2.46. The Balaban J connectivity index is 1.33. The summed E-state index contributed by atoms with van der Waals surface area (Å²) in [6, 6.07) is 3.22. The minimum atomic E-state index is -3.04. The van der Waals surface area contributed by atoms with Crippen LogP contribution < -0.4 is 5.32 Å². The third-order valence-corrected chi connectivity index (χ3v) is 8.29. The van der Waals surface area contributed by atoms with Crippen molar-refractivity contribution in [3.8, 4) is 23.1 Å². The standard InChI is InChI=1S/C30H25BrF2N8O4/c1-15-4-5-24(31)37-27(15)38-28(44)21-9-30(14-45-29(32)33)7-6-23(30)41(21)25(43)13-40-22-12-36-20(18-10-34-17(3)35-11-18)8-19(22)26(39-40)16(2)42/h4-5,8,10-12,21,23,29H,9,13-14H2,1-3H3,(H,37,38,44)/t21-,23+,30+/m0/s1. The van der Waals surface area contributed by atoms with Crippen molar-refractivity contribution in [2.24, 2.45) is 5.41 Å². The molecule has 15 heteroatoms. The van der Waals surface area contributed by atoms with Crippen molar-refractivity contribution in [1.29, 1.82) is 0 Å². The normalized spacial score (nSPS) is 20.0. The summed E-state index contributed by atoms with van der Waals surface area (Å²) in [5.41, 5.74) is 1.21. The number of Topliss-reactive ketones (excluding diaryl/α,β-unsaturated/α-hetero) is 1. The third kappa shape index (κ3) is 5.67. The number of pyridine rings is 2. The van der Waals surface area contributed by atoms with Gasteiger partial charge in [-0.25, -0.2) is 15.0 Å². The van der Waals surface area contributed by atoms with Crippen LogP contribution in [0.25, 0.3) is 22.2 Å². The van der Waals surface area contributed by atoms with E-state index < -0.39 is 42.5 Å². The molecule has 4 aromatic heterocycles. The molecule has 0 unspecified atom stereocenters. The summed E-state index contributed by atoms with van der Waals surface area (Å²) in [5, 5.41) is 7.65. The number of hydrogen-bond donors (Lipinski definition) is 1. The van der Waals surface area contributed by atoms with Gasteiger partial charge >= 0.3 is 6.61 Å². The average Bonchev–Trinajstić information content (AvgIpc) is 3.46. The van der Waals surface area contributed by atoms with Gasteiger partial charge in [0.25, 0.3) is 0 Å². The SMILES string of the molecule is CC(=O)c1nn(CC(=O)N2[C@H](C(=O)Nc3nc(Br)ccc3C)C[C@@]3(COC(F)F)C#C[C@@H]23)c2cnc(-c3cnc(C)nc3)cc12. The van der Waals surface area contributed by atoms with Gasteiger partial charge in [-0.05, 0) is 53.9 Å². The highest BCUT2D eigenvalue weighted by molar-refractivity contribution is 9.10. The van der Waals surface area contributed by atoms with E-state index >= 15 is 0 Å². The number of ketones is 1. The van der Waals surface area contributed by atoms with Crippen LogP contribution in [-0.2, 0) is 20.9 Å². The van der Waals surface area contributed by atoms with Crippen LogP contribution in [0.15, 0.2) is 41.4 Å². The lowest BCUT2D eigenvalue weighted by Crippen LogP contribution is -2.52. The van der Waals surface area contributed by atoms with Crippen molar-refractivity contribution in [2.45, 2.75) is 52.4 Å². The number of alkyl halides is 2. The number of hydrogen-bond acceptors (Lipinski definition) is 9. The number of halogens is 3. The Labute approximate surface area is 263 Å². The van der Waals surface area contributed by atoms with Crippen LogP contribution in [0.2, 0.25) is 0 Å². The molecule has 1 N–H and O–H groups in total. The lowest BCUT2D eigenvalue weighted by Gasteiger charge is -2.36. The number of fused-ring (bicyclic) bond motifs is 2. The lowest BCUT2D eigenvalue weighted by atomic mass is 9.74. The fourth-order valence-corrected chi connectivity index (χ4v) is 5.87. The van der Waals surface area contributed by atoms with Gasteiger partial charge in [-0.3, -0.25) is 24.0 Å². The summed E-state index contributed by atoms with van der Waals surface area (Å²) in [6.45, 7) is 1.01. The second-order valence-corrected chi connectivity index (χ2v) is 11.7. The molecule has 1 fully saturated rings. The molecule has 5 heterocycles. The first kappa shape index (κ1) is 30.4. The molecule has 4 aromatic rings. The van der Waals surface area contributed by atoms with Gasteiger partial charge in [-0.1, -0.05) is 17.9 Å². The van der Waals surface area contributed by atoms with Crippen LogP contribution in [0.5, 0.6) is 0 Å². The Morgan fingerprint density at radius 1 is 1.18 bits per heavy atom. The zero-order valence-corrected chi connectivity index (χ0v) is 25.8. The highest BCUT2D eigenvalue weighted by atomic mass is 79.9. The van der Waals surface area contributed by atoms with E-state index in [1.807, 2.05) is 0 Å². The fourth-order valence-electron chi connectivity index (χ4n) is 5.56. The highest BCUT2D eigenvalue weighted by Gasteiger charge is 2.59. The quantitative estimate of drug-likeness (QED) is 0.159. The van der Waals surface area contributed by atoms with Gasteiger partial charge in [0.15, 0.2) is 5.78 Å². The molecule has 1 aliphatic carbocycles. The molecule has 0 radical (unpaired) electrons. The van der Waals surface area contributed by atoms with E-state index in [2.05, 4.69) is 62.9 Å². The van der Waals surface area contributed by atoms with Crippen LogP contribution >= 0.6 is 15.9 Å². The number of nitrogens with zero attached hydrogens (tertiary/aromatic N) is 7. The van der Waals surface area contributed by atoms with Crippen molar-refractivity contribution >= 4 is 50.2 Å². The average molecular weight is 679 g/mol. The third-order valence-electron chi connectivity index (χ3n) is 7.85. The van der Waals surface area contributed by atoms with E-state index in [0.29, 0.717) is 38.2 Å². The summed E-state index contributed by atoms with van der Waals surface area (Å²) in [4.78, 5) is 58.7. The zero-order chi connectivity index (χ0) is 32.0. The summed E-state index contributed by atoms with van der Waals surface area (Å²) in [7, 11) is 0. The summed E-state index contributed by atoms with van der Waals surface area (Å²) < 4.78 is 32.6. The molecule has 0 spiro atoms. The Morgan fingerprint density at radius 2 is 1.93 bits per heavy atom. The Kier molecular flexibility index (Phi) is 7.88. The first-order valence-electron chi connectivity index (χ1n) is 13.8. The molecule has 3 atom stereocenters. The first-order valence-corrected chi connectivity index (χ1v) is 14.6. The molecule has 6 rings (SSSR count). The molecule has 12 nitrogen and oxygen atoms in total. The molecule has 2 amide bonds. The fraction of sp³-hybridized carbons (Fsp3) is 0.333. The predicted molar refractivity (Wildman–Crippen MR) is 160 cm³/mol. The van der Waals surface area contributed by atoms with Crippen LogP contribution in [-0.4, -0.2) is 77.5 Å². The molecule has 45 heavy (non-hydrogen) atoms. The van der Waals surface area contributed by atoms with Gasteiger partial charge < -0.3 is 15.0 Å². The Bertz CT molecular complexity index is 1920. The predicted octanol–water partition coefficient (Wildman–Crippen LogP) is 3.72. The lowest BCUT2D eigenvalue weighted by molar-refractivity contribution is -0.149. The monoisotopic (exact) mass is 678 g/mol. The van der Waals surface area contributed by atoms with E-state index in [0.717, 1.165) is 0 Å². The molecule has 1 aliphatic heterocycles. The molecule has 2 aliphatic rings. The van der Waals surface area contributed by atoms with Crippen LogP contribution in [0.3, 0.4) is 0 Å². The molecule has 1 saturated heterocycles. The van der Waals surface area contributed by atoms with E-state index in [1.54, 1.807) is 44.4 Å². The number of nitrogens with one attached hydrogen (secondary N) is 1. The van der Waals surface area contributed by atoms with Crippen molar-refractivity contribution in [1.82, 2.24) is 34.6 Å². The van der Waals surface area contributed by atoms with Gasteiger partial charge in [-0.2, -0.15) is 13.9 Å². The molecule has 0 bridgehead atoms. The van der Waals surface area contributed by atoms with Gasteiger partial charge in [-0.15, -0.1) is 0 Å². The topological polar surface area (TPSA) is 145 Å². The van der Waals surface area contributed by atoms with Crippen molar-refractivity contribution < 1.29 is 27.9 Å².